The van der Waals surface area contributed by atoms with Gasteiger partial charge in [0, 0.05) is 28.6 Å². The molecule has 0 aliphatic carbocycles. The summed E-state index contributed by atoms with van der Waals surface area (Å²) in [5.41, 5.74) is 2.48. The van der Waals surface area contributed by atoms with Crippen molar-refractivity contribution in [3.8, 4) is 0 Å². The number of hydrogen-bond acceptors (Lipinski definition) is 2. The predicted molar refractivity (Wildman–Crippen MR) is 81.2 cm³/mol. The summed E-state index contributed by atoms with van der Waals surface area (Å²) in [5, 5.41) is 1.66. The quantitative estimate of drug-likeness (QED) is 0.670. The molecule has 0 saturated carbocycles. The van der Waals surface area contributed by atoms with Crippen molar-refractivity contribution in [1.82, 2.24) is 4.98 Å². The molecule has 0 atom stereocenters. The number of Topliss-reactive ketones (excluding diaryl/α,β-unsaturated/α-hetero) is 1. The summed E-state index contributed by atoms with van der Waals surface area (Å²) in [6.07, 6.45) is 2.09. The maximum Gasteiger partial charge on any atom is 0.167 e. The summed E-state index contributed by atoms with van der Waals surface area (Å²) in [4.78, 5) is 16.5. The number of benzene rings is 2. The van der Waals surface area contributed by atoms with Crippen molar-refractivity contribution < 1.29 is 4.79 Å². The zero-order chi connectivity index (χ0) is 13.9. The van der Waals surface area contributed by atoms with E-state index < -0.39 is 0 Å². The van der Waals surface area contributed by atoms with Gasteiger partial charge in [0.2, 0.25) is 0 Å². The molecule has 3 aromatic rings. The molecular formula is C17H12ClNO. The molecule has 0 N–H and O–H groups in total. The summed E-state index contributed by atoms with van der Waals surface area (Å²) < 4.78 is 0. The van der Waals surface area contributed by atoms with Crippen molar-refractivity contribution in [3.63, 3.8) is 0 Å². The van der Waals surface area contributed by atoms with Gasteiger partial charge < -0.3 is 0 Å². The summed E-state index contributed by atoms with van der Waals surface area (Å²) in [7, 11) is 0. The zero-order valence-electron chi connectivity index (χ0n) is 10.7. The first kappa shape index (κ1) is 12.8. The maximum atomic E-state index is 12.2. The fourth-order valence-corrected chi connectivity index (χ4v) is 2.31. The lowest BCUT2D eigenvalue weighted by atomic mass is 10.0. The molecule has 3 heteroatoms. The van der Waals surface area contributed by atoms with Gasteiger partial charge in [-0.1, -0.05) is 48.0 Å². The first-order chi connectivity index (χ1) is 9.72. The maximum absolute atomic E-state index is 12.2. The van der Waals surface area contributed by atoms with Crippen LogP contribution >= 0.6 is 11.6 Å². The first-order valence-corrected chi connectivity index (χ1v) is 6.72. The Hall–Kier alpha value is -2.19. The molecule has 0 amide bonds. The predicted octanol–water partition coefficient (Wildman–Crippen LogP) is 4.31. The first-order valence-electron chi connectivity index (χ1n) is 6.35. The van der Waals surface area contributed by atoms with Crippen LogP contribution in [-0.2, 0) is 6.42 Å². The Morgan fingerprint density at radius 3 is 2.65 bits per heavy atom. The molecule has 0 fully saturated rings. The second-order valence-electron chi connectivity index (χ2n) is 4.65. The number of nitrogens with zero attached hydrogens (tertiary/aromatic N) is 1. The van der Waals surface area contributed by atoms with Crippen molar-refractivity contribution in [3.05, 3.63) is 76.9 Å². The third-order valence-corrected chi connectivity index (χ3v) is 3.40. The van der Waals surface area contributed by atoms with Crippen LogP contribution in [0, 0.1) is 0 Å². The number of carbonyl (C=O) groups excluding carboxylic acids is 1. The monoisotopic (exact) mass is 281 g/mol. The van der Waals surface area contributed by atoms with Crippen LogP contribution in [0.15, 0.2) is 60.8 Å². The molecule has 0 spiro atoms. The van der Waals surface area contributed by atoms with E-state index in [1.54, 1.807) is 6.20 Å². The molecule has 0 bridgehead atoms. The van der Waals surface area contributed by atoms with Crippen LogP contribution in [0.25, 0.3) is 10.9 Å². The summed E-state index contributed by atoms with van der Waals surface area (Å²) in [6, 6.07) is 16.8. The van der Waals surface area contributed by atoms with Gasteiger partial charge in [-0.05, 0) is 23.8 Å². The molecule has 20 heavy (non-hydrogen) atoms. The van der Waals surface area contributed by atoms with Gasteiger partial charge >= 0.3 is 0 Å². The average molecular weight is 282 g/mol. The van der Waals surface area contributed by atoms with E-state index in [4.69, 9.17) is 11.6 Å². The SMILES string of the molecule is O=C(Cc1cnc2cc(Cl)ccc2c1)c1ccccc1. The fraction of sp³-hybridized carbons (Fsp3) is 0.0588. The number of hydrogen-bond donors (Lipinski definition) is 0. The van der Waals surface area contributed by atoms with Crippen LogP contribution < -0.4 is 0 Å². The van der Waals surface area contributed by atoms with E-state index in [1.807, 2.05) is 54.6 Å². The lowest BCUT2D eigenvalue weighted by Crippen LogP contribution is -2.03. The molecule has 0 aliphatic heterocycles. The van der Waals surface area contributed by atoms with Crippen molar-refractivity contribution in [2.24, 2.45) is 0 Å². The van der Waals surface area contributed by atoms with Crippen LogP contribution in [0.5, 0.6) is 0 Å². The zero-order valence-corrected chi connectivity index (χ0v) is 11.5. The Balaban J connectivity index is 1.88. The molecule has 98 valence electrons. The number of ketones is 1. The number of pyridine rings is 1. The van der Waals surface area contributed by atoms with Crippen molar-refractivity contribution in [2.45, 2.75) is 6.42 Å². The van der Waals surface area contributed by atoms with E-state index in [-0.39, 0.29) is 5.78 Å². The number of rotatable bonds is 3. The minimum absolute atomic E-state index is 0.0979. The lowest BCUT2D eigenvalue weighted by Gasteiger charge is -2.03. The highest BCUT2D eigenvalue weighted by Gasteiger charge is 2.07. The van der Waals surface area contributed by atoms with E-state index in [0.29, 0.717) is 11.4 Å². The summed E-state index contributed by atoms with van der Waals surface area (Å²) in [6.45, 7) is 0. The van der Waals surface area contributed by atoms with Crippen molar-refractivity contribution >= 4 is 28.3 Å². The van der Waals surface area contributed by atoms with Crippen LogP contribution in [0.3, 0.4) is 0 Å². The number of aromatic nitrogens is 1. The second kappa shape index (κ2) is 5.43. The van der Waals surface area contributed by atoms with E-state index in [2.05, 4.69) is 4.98 Å². The molecule has 3 rings (SSSR count). The van der Waals surface area contributed by atoms with Gasteiger partial charge in [0.25, 0.3) is 0 Å². The van der Waals surface area contributed by atoms with Crippen LogP contribution in [0.4, 0.5) is 0 Å². The van der Waals surface area contributed by atoms with Gasteiger partial charge in [-0.2, -0.15) is 0 Å². The molecule has 0 radical (unpaired) electrons. The topological polar surface area (TPSA) is 30.0 Å². The Kier molecular flexibility index (Phi) is 3.48. The normalized spacial score (nSPS) is 10.7. The molecular weight excluding hydrogens is 270 g/mol. The standard InChI is InChI=1S/C17H12ClNO/c18-15-7-6-14-8-12(11-19-16(14)10-15)9-17(20)13-4-2-1-3-5-13/h1-8,10-11H,9H2. The molecule has 0 unspecified atom stereocenters. The van der Waals surface area contributed by atoms with E-state index in [1.165, 1.54) is 0 Å². The van der Waals surface area contributed by atoms with Gasteiger partial charge in [0.1, 0.15) is 0 Å². The number of halogens is 1. The molecule has 0 saturated heterocycles. The van der Waals surface area contributed by atoms with Crippen LogP contribution in [-0.4, -0.2) is 10.8 Å². The molecule has 0 aliphatic rings. The molecule has 2 nitrogen and oxygen atoms in total. The summed E-state index contributed by atoms with van der Waals surface area (Å²) in [5.74, 6) is 0.0979. The van der Waals surface area contributed by atoms with Crippen molar-refractivity contribution in [2.75, 3.05) is 0 Å². The number of carbonyl (C=O) groups is 1. The summed E-state index contributed by atoms with van der Waals surface area (Å²) >= 11 is 5.93. The van der Waals surface area contributed by atoms with Gasteiger partial charge in [0.15, 0.2) is 5.78 Å². The van der Waals surface area contributed by atoms with E-state index in [9.17, 15) is 4.79 Å². The second-order valence-corrected chi connectivity index (χ2v) is 5.08. The highest BCUT2D eigenvalue weighted by Crippen LogP contribution is 2.19. The third kappa shape index (κ3) is 2.70. The van der Waals surface area contributed by atoms with E-state index in [0.717, 1.165) is 22.0 Å². The minimum atomic E-state index is 0.0979. The van der Waals surface area contributed by atoms with Crippen molar-refractivity contribution in [1.29, 1.82) is 0 Å². The van der Waals surface area contributed by atoms with Crippen LogP contribution in [0.2, 0.25) is 5.02 Å². The minimum Gasteiger partial charge on any atom is -0.294 e. The van der Waals surface area contributed by atoms with Gasteiger partial charge in [-0.15, -0.1) is 0 Å². The highest BCUT2D eigenvalue weighted by atomic mass is 35.5. The van der Waals surface area contributed by atoms with Gasteiger partial charge in [-0.25, -0.2) is 0 Å². The van der Waals surface area contributed by atoms with Crippen LogP contribution in [0.1, 0.15) is 15.9 Å². The Morgan fingerprint density at radius 2 is 1.85 bits per heavy atom. The highest BCUT2D eigenvalue weighted by molar-refractivity contribution is 6.31. The average Bonchev–Trinajstić information content (AvgIpc) is 2.48. The Bertz CT molecular complexity index is 768. The fourth-order valence-electron chi connectivity index (χ4n) is 2.15. The lowest BCUT2D eigenvalue weighted by molar-refractivity contribution is 0.0993. The van der Waals surface area contributed by atoms with Gasteiger partial charge in [-0.3, -0.25) is 9.78 Å². The molecule has 2 aromatic carbocycles. The Labute approximate surface area is 122 Å². The molecule has 1 aromatic heterocycles. The third-order valence-electron chi connectivity index (χ3n) is 3.16. The smallest absolute Gasteiger partial charge is 0.167 e. The molecule has 1 heterocycles. The largest absolute Gasteiger partial charge is 0.294 e. The Morgan fingerprint density at radius 1 is 1.05 bits per heavy atom. The van der Waals surface area contributed by atoms with Gasteiger partial charge in [0.05, 0.1) is 5.52 Å². The number of fused-ring (bicyclic) bond motifs is 1. The van der Waals surface area contributed by atoms with E-state index >= 15 is 0 Å².